The number of hydrogen-bond donors (Lipinski definition) is 1. The van der Waals surface area contributed by atoms with Crippen LogP contribution >= 0.6 is 11.3 Å². The zero-order valence-corrected chi connectivity index (χ0v) is 12.5. The lowest BCUT2D eigenvalue weighted by Gasteiger charge is -2.26. The first kappa shape index (κ1) is 13.4. The van der Waals surface area contributed by atoms with E-state index in [2.05, 4.69) is 27.5 Å². The number of imidazole rings is 1. The highest BCUT2D eigenvalue weighted by atomic mass is 32.1. The minimum atomic E-state index is 0.263. The molecule has 1 aliphatic rings. The van der Waals surface area contributed by atoms with E-state index in [-0.39, 0.29) is 5.91 Å². The van der Waals surface area contributed by atoms with E-state index >= 15 is 0 Å². The third kappa shape index (κ3) is 2.93. The van der Waals surface area contributed by atoms with Crippen LogP contribution in [0.2, 0.25) is 0 Å². The van der Waals surface area contributed by atoms with Crippen molar-refractivity contribution in [1.82, 2.24) is 14.9 Å². The molecule has 5 heteroatoms. The Bertz CT molecular complexity index is 588. The number of hydrogen-bond acceptors (Lipinski definition) is 3. The zero-order chi connectivity index (χ0) is 13.9. The van der Waals surface area contributed by atoms with Crippen molar-refractivity contribution in [2.24, 2.45) is 0 Å². The van der Waals surface area contributed by atoms with E-state index < -0.39 is 0 Å². The van der Waals surface area contributed by atoms with Crippen LogP contribution in [0.3, 0.4) is 0 Å². The van der Waals surface area contributed by atoms with Gasteiger partial charge < -0.3 is 9.88 Å². The van der Waals surface area contributed by atoms with Gasteiger partial charge in [0.1, 0.15) is 5.82 Å². The van der Waals surface area contributed by atoms with Crippen molar-refractivity contribution in [3.63, 3.8) is 0 Å². The summed E-state index contributed by atoms with van der Waals surface area (Å²) in [5, 5.41) is 2.09. The zero-order valence-electron chi connectivity index (χ0n) is 11.7. The molecule has 3 rings (SSSR count). The molecule has 0 atom stereocenters. The smallest absolute Gasteiger partial charge is 0.222 e. The fourth-order valence-corrected chi connectivity index (χ4v) is 3.43. The Balaban J connectivity index is 1.51. The normalized spacial score (nSPS) is 14.3. The summed E-state index contributed by atoms with van der Waals surface area (Å²) in [5.74, 6) is 1.21. The molecule has 1 amide bonds. The van der Waals surface area contributed by atoms with Gasteiger partial charge in [-0.3, -0.25) is 4.79 Å². The quantitative estimate of drug-likeness (QED) is 0.940. The lowest BCUT2D eigenvalue weighted by Crippen LogP contribution is -2.35. The average Bonchev–Trinajstić information content (AvgIpc) is 3.05. The van der Waals surface area contributed by atoms with Gasteiger partial charge in [-0.1, -0.05) is 6.07 Å². The van der Waals surface area contributed by atoms with Crippen LogP contribution in [0.4, 0.5) is 0 Å². The number of aryl methyl sites for hydroxylation is 2. The molecule has 0 saturated carbocycles. The van der Waals surface area contributed by atoms with E-state index in [4.69, 9.17) is 0 Å². The number of nitrogens with zero attached hydrogens (tertiary/aromatic N) is 2. The maximum atomic E-state index is 12.2. The van der Waals surface area contributed by atoms with Crippen LogP contribution in [0, 0.1) is 6.92 Å². The van der Waals surface area contributed by atoms with Gasteiger partial charge in [-0.15, -0.1) is 11.3 Å². The van der Waals surface area contributed by atoms with Crippen molar-refractivity contribution >= 4 is 17.2 Å². The SMILES string of the molecule is Cc1nc2c([nH]1)CN(C(=O)CCCc1cccs1)CC2. The number of H-pyrrole nitrogens is 1. The number of nitrogens with one attached hydrogen (secondary N) is 1. The van der Waals surface area contributed by atoms with Crippen LogP contribution in [0.1, 0.15) is 34.9 Å². The summed E-state index contributed by atoms with van der Waals surface area (Å²) in [6, 6.07) is 4.20. The first-order valence-electron chi connectivity index (χ1n) is 7.07. The van der Waals surface area contributed by atoms with Gasteiger partial charge in [0.2, 0.25) is 5.91 Å². The van der Waals surface area contributed by atoms with Gasteiger partial charge in [-0.2, -0.15) is 0 Å². The Labute approximate surface area is 122 Å². The lowest BCUT2D eigenvalue weighted by atomic mass is 10.1. The average molecular weight is 289 g/mol. The molecular formula is C15H19N3OS. The summed E-state index contributed by atoms with van der Waals surface area (Å²) in [6.07, 6.45) is 3.45. The van der Waals surface area contributed by atoms with E-state index in [0.717, 1.165) is 43.0 Å². The molecule has 0 aliphatic carbocycles. The maximum absolute atomic E-state index is 12.2. The van der Waals surface area contributed by atoms with Crippen molar-refractivity contribution < 1.29 is 4.79 Å². The number of carbonyl (C=O) groups excluding carboxylic acids is 1. The van der Waals surface area contributed by atoms with Crippen LogP contribution in [-0.2, 0) is 24.2 Å². The van der Waals surface area contributed by atoms with E-state index in [1.807, 2.05) is 11.8 Å². The van der Waals surface area contributed by atoms with Gasteiger partial charge in [0, 0.05) is 24.3 Å². The van der Waals surface area contributed by atoms with Crippen molar-refractivity contribution in [3.8, 4) is 0 Å². The third-order valence-corrected chi connectivity index (χ3v) is 4.63. The molecule has 1 aliphatic heterocycles. The van der Waals surface area contributed by atoms with Crippen LogP contribution in [0.25, 0.3) is 0 Å². The lowest BCUT2D eigenvalue weighted by molar-refractivity contribution is -0.132. The summed E-state index contributed by atoms with van der Waals surface area (Å²) in [6.45, 7) is 3.45. The molecule has 3 heterocycles. The van der Waals surface area contributed by atoms with Gasteiger partial charge in [0.15, 0.2) is 0 Å². The number of rotatable bonds is 4. The number of thiophene rings is 1. The number of fused-ring (bicyclic) bond motifs is 1. The van der Waals surface area contributed by atoms with E-state index in [1.54, 1.807) is 11.3 Å². The molecule has 0 unspecified atom stereocenters. The molecule has 0 aromatic carbocycles. The minimum Gasteiger partial charge on any atom is -0.344 e. The topological polar surface area (TPSA) is 49.0 Å². The molecule has 0 bridgehead atoms. The van der Waals surface area contributed by atoms with E-state index in [0.29, 0.717) is 13.0 Å². The highest BCUT2D eigenvalue weighted by Gasteiger charge is 2.22. The number of aromatic amines is 1. The minimum absolute atomic E-state index is 0.263. The summed E-state index contributed by atoms with van der Waals surface area (Å²) in [4.78, 5) is 23.3. The van der Waals surface area contributed by atoms with Gasteiger partial charge in [0.25, 0.3) is 0 Å². The van der Waals surface area contributed by atoms with Crippen molar-refractivity contribution in [2.45, 2.75) is 39.2 Å². The molecule has 1 N–H and O–H groups in total. The van der Waals surface area contributed by atoms with Gasteiger partial charge in [0.05, 0.1) is 17.9 Å². The van der Waals surface area contributed by atoms with Gasteiger partial charge >= 0.3 is 0 Å². The molecule has 20 heavy (non-hydrogen) atoms. The Morgan fingerprint density at radius 3 is 3.25 bits per heavy atom. The predicted molar refractivity (Wildman–Crippen MR) is 79.7 cm³/mol. The fraction of sp³-hybridized carbons (Fsp3) is 0.467. The Morgan fingerprint density at radius 1 is 1.55 bits per heavy atom. The molecule has 0 spiro atoms. The largest absolute Gasteiger partial charge is 0.344 e. The van der Waals surface area contributed by atoms with Crippen LogP contribution in [-0.4, -0.2) is 27.3 Å². The molecule has 2 aromatic heterocycles. The molecule has 0 radical (unpaired) electrons. The molecular weight excluding hydrogens is 270 g/mol. The number of amides is 1. The first-order chi connectivity index (χ1) is 9.72. The molecule has 4 nitrogen and oxygen atoms in total. The summed E-state index contributed by atoms with van der Waals surface area (Å²) < 4.78 is 0. The Hall–Kier alpha value is -1.62. The Kier molecular flexibility index (Phi) is 3.87. The first-order valence-corrected chi connectivity index (χ1v) is 7.95. The summed E-state index contributed by atoms with van der Waals surface area (Å²) in [7, 11) is 0. The standard InChI is InChI=1S/C15H19N3OS/c1-11-16-13-7-8-18(10-14(13)17-11)15(19)6-2-4-12-5-3-9-20-12/h3,5,9H,2,4,6-8,10H2,1H3,(H,16,17). The predicted octanol–water partition coefficient (Wildman–Crippen LogP) is 2.69. The van der Waals surface area contributed by atoms with Crippen molar-refractivity contribution in [2.75, 3.05) is 6.54 Å². The van der Waals surface area contributed by atoms with Gasteiger partial charge in [-0.05, 0) is 31.2 Å². The number of aromatic nitrogens is 2. The maximum Gasteiger partial charge on any atom is 0.222 e. The second kappa shape index (κ2) is 5.79. The molecule has 2 aromatic rings. The Morgan fingerprint density at radius 2 is 2.45 bits per heavy atom. The molecule has 0 fully saturated rings. The van der Waals surface area contributed by atoms with Crippen molar-refractivity contribution in [3.05, 3.63) is 39.6 Å². The monoisotopic (exact) mass is 289 g/mol. The third-order valence-electron chi connectivity index (χ3n) is 3.70. The molecule has 0 saturated heterocycles. The van der Waals surface area contributed by atoms with Gasteiger partial charge in [-0.25, -0.2) is 4.98 Å². The highest BCUT2D eigenvalue weighted by Crippen LogP contribution is 2.18. The van der Waals surface area contributed by atoms with Crippen LogP contribution in [0.15, 0.2) is 17.5 Å². The highest BCUT2D eigenvalue weighted by molar-refractivity contribution is 7.09. The van der Waals surface area contributed by atoms with Crippen LogP contribution < -0.4 is 0 Å². The second-order valence-electron chi connectivity index (χ2n) is 5.25. The molecule has 106 valence electrons. The van der Waals surface area contributed by atoms with Crippen molar-refractivity contribution in [1.29, 1.82) is 0 Å². The van der Waals surface area contributed by atoms with E-state index in [9.17, 15) is 4.79 Å². The van der Waals surface area contributed by atoms with E-state index in [1.165, 1.54) is 4.88 Å². The second-order valence-corrected chi connectivity index (χ2v) is 6.28. The summed E-state index contributed by atoms with van der Waals surface area (Å²) >= 11 is 1.77. The fourth-order valence-electron chi connectivity index (χ4n) is 2.68. The van der Waals surface area contributed by atoms with Crippen LogP contribution in [0.5, 0.6) is 0 Å². The number of carbonyl (C=O) groups is 1. The summed E-state index contributed by atoms with van der Waals surface area (Å²) in [5.41, 5.74) is 2.24.